The van der Waals surface area contributed by atoms with E-state index in [1.54, 1.807) is 0 Å². The summed E-state index contributed by atoms with van der Waals surface area (Å²) in [7, 11) is 0. The molecule has 0 heterocycles. The molecule has 7 heteroatoms. The summed E-state index contributed by atoms with van der Waals surface area (Å²) < 4.78 is 9.39. The van der Waals surface area contributed by atoms with Crippen molar-refractivity contribution in [3.63, 3.8) is 0 Å². The molecule has 0 atom stereocenters. The predicted molar refractivity (Wildman–Crippen MR) is 72.3 cm³/mol. The first-order chi connectivity index (χ1) is 8.09. The first kappa shape index (κ1) is 15.7. The van der Waals surface area contributed by atoms with Gasteiger partial charge in [0, 0.05) is 5.71 Å². The number of benzene rings is 1. The van der Waals surface area contributed by atoms with Crippen LogP contribution in [0.5, 0.6) is 0 Å². The SMILES string of the molecule is NC(=O)OCC(COC(N)=O)c1ccccc1.O.[HH].[HH].[HH].[HH]. The predicted octanol–water partition coefficient (Wildman–Crippen LogP) is 1.12. The Kier molecular flexibility index (Phi) is 6.91. The topological polar surface area (TPSA) is 136 Å². The van der Waals surface area contributed by atoms with Crippen LogP contribution in [0.1, 0.15) is 17.2 Å². The Hall–Kier alpha value is -2.28. The highest BCUT2D eigenvalue weighted by Crippen LogP contribution is 2.16. The van der Waals surface area contributed by atoms with E-state index >= 15 is 0 Å². The molecule has 2 amide bonds. The molecule has 1 aromatic carbocycles. The van der Waals surface area contributed by atoms with Gasteiger partial charge in [-0.3, -0.25) is 0 Å². The maximum absolute atomic E-state index is 10.5. The number of hydrogen-bond acceptors (Lipinski definition) is 4. The minimum Gasteiger partial charge on any atom is -0.449 e. The third kappa shape index (κ3) is 5.71. The minimum atomic E-state index is -0.870. The van der Waals surface area contributed by atoms with Crippen molar-refractivity contribution in [1.82, 2.24) is 0 Å². The lowest BCUT2D eigenvalue weighted by atomic mass is 10.0. The Morgan fingerprint density at radius 2 is 1.50 bits per heavy atom. The average molecular weight is 264 g/mol. The number of ether oxygens (including phenoxy) is 2. The molecule has 0 saturated carbocycles. The van der Waals surface area contributed by atoms with Crippen molar-refractivity contribution in [1.29, 1.82) is 0 Å². The normalized spacial score (nSPS) is 9.39. The van der Waals surface area contributed by atoms with E-state index in [1.165, 1.54) is 0 Å². The molecule has 0 aromatic heterocycles. The van der Waals surface area contributed by atoms with E-state index in [-0.39, 0.29) is 30.3 Å². The van der Waals surface area contributed by atoms with Gasteiger partial charge < -0.3 is 26.4 Å². The van der Waals surface area contributed by atoms with Crippen molar-refractivity contribution in [3.05, 3.63) is 35.9 Å². The summed E-state index contributed by atoms with van der Waals surface area (Å²) in [5, 5.41) is 0. The summed E-state index contributed by atoms with van der Waals surface area (Å²) in [4.78, 5) is 21.1. The van der Waals surface area contributed by atoms with Crippen molar-refractivity contribution in [2.24, 2.45) is 11.5 Å². The third-order valence-corrected chi connectivity index (χ3v) is 2.12. The Bertz CT molecular complexity index is 379. The van der Waals surface area contributed by atoms with E-state index in [0.717, 1.165) is 5.56 Å². The van der Waals surface area contributed by atoms with E-state index in [2.05, 4.69) is 0 Å². The fourth-order valence-corrected chi connectivity index (χ4v) is 1.33. The standard InChI is InChI=1S/C11H14N2O4.H2O.4H2/c12-10(14)16-6-9(7-17-11(13)15)8-4-2-1-3-5-8;;;;;/h1-5,9H,6-7H2,(H2,12,14)(H2,13,15);1H2;4*1H. The van der Waals surface area contributed by atoms with Gasteiger partial charge in [-0.15, -0.1) is 0 Å². The van der Waals surface area contributed by atoms with Crippen LogP contribution in [-0.2, 0) is 9.47 Å². The van der Waals surface area contributed by atoms with Crippen LogP contribution >= 0.6 is 0 Å². The molecule has 0 aliphatic heterocycles. The molecule has 0 aliphatic carbocycles. The minimum absolute atomic E-state index is 0. The molecule has 0 fully saturated rings. The van der Waals surface area contributed by atoms with E-state index < -0.39 is 12.2 Å². The smallest absolute Gasteiger partial charge is 0.404 e. The number of carbonyl (C=O) groups is 2. The first-order valence-corrected chi connectivity index (χ1v) is 4.99. The van der Waals surface area contributed by atoms with Gasteiger partial charge in [-0.25, -0.2) is 9.59 Å². The van der Waals surface area contributed by atoms with Crippen LogP contribution in [-0.4, -0.2) is 30.9 Å². The monoisotopic (exact) mass is 264 g/mol. The first-order valence-electron chi connectivity index (χ1n) is 4.99. The van der Waals surface area contributed by atoms with Gasteiger partial charge in [0.15, 0.2) is 0 Å². The van der Waals surface area contributed by atoms with E-state index in [0.29, 0.717) is 0 Å². The number of amides is 2. The molecule has 0 unspecified atom stereocenters. The Balaban J connectivity index is -0.000000193. The van der Waals surface area contributed by atoms with Gasteiger partial charge in [-0.2, -0.15) is 0 Å². The molecule has 108 valence electrons. The summed E-state index contributed by atoms with van der Waals surface area (Å²) in [6.07, 6.45) is -1.74. The highest BCUT2D eigenvalue weighted by atomic mass is 16.6. The van der Waals surface area contributed by atoms with Gasteiger partial charge in [0.05, 0.1) is 5.92 Å². The maximum atomic E-state index is 10.5. The third-order valence-electron chi connectivity index (χ3n) is 2.12. The fraction of sp³-hybridized carbons (Fsp3) is 0.273. The zero-order valence-corrected chi connectivity index (χ0v) is 9.67. The highest BCUT2D eigenvalue weighted by molar-refractivity contribution is 5.65. The summed E-state index contributed by atoms with van der Waals surface area (Å²) in [6, 6.07) is 9.18. The van der Waals surface area contributed by atoms with Gasteiger partial charge in [-0.1, -0.05) is 30.3 Å². The number of rotatable bonds is 5. The van der Waals surface area contributed by atoms with E-state index in [9.17, 15) is 9.59 Å². The Morgan fingerprint density at radius 1 is 1.06 bits per heavy atom. The molecular formula is C11H24N2O5. The zero-order valence-electron chi connectivity index (χ0n) is 9.67. The molecule has 18 heavy (non-hydrogen) atoms. The van der Waals surface area contributed by atoms with Crippen LogP contribution in [0.2, 0.25) is 0 Å². The molecule has 0 saturated heterocycles. The fourth-order valence-electron chi connectivity index (χ4n) is 1.33. The second-order valence-electron chi connectivity index (χ2n) is 3.37. The van der Waals surface area contributed by atoms with Crippen LogP contribution in [0.4, 0.5) is 9.59 Å². The van der Waals surface area contributed by atoms with Gasteiger partial charge >= 0.3 is 12.2 Å². The van der Waals surface area contributed by atoms with Crippen molar-refractivity contribution in [2.75, 3.05) is 13.2 Å². The number of nitrogens with two attached hydrogens (primary N) is 2. The van der Waals surface area contributed by atoms with E-state index in [4.69, 9.17) is 20.9 Å². The molecule has 7 nitrogen and oxygen atoms in total. The summed E-state index contributed by atoms with van der Waals surface area (Å²) in [5.41, 5.74) is 10.6. The molecule has 0 spiro atoms. The van der Waals surface area contributed by atoms with Crippen molar-refractivity contribution in [2.45, 2.75) is 5.92 Å². The summed E-state index contributed by atoms with van der Waals surface area (Å²) in [6.45, 7) is 0.0687. The molecule has 0 bridgehead atoms. The van der Waals surface area contributed by atoms with Gasteiger partial charge in [0.2, 0.25) is 0 Å². The van der Waals surface area contributed by atoms with Crippen molar-refractivity contribution < 1.29 is 30.2 Å². The maximum Gasteiger partial charge on any atom is 0.404 e. The molecule has 6 N–H and O–H groups in total. The molecule has 1 rings (SSSR count). The second-order valence-corrected chi connectivity index (χ2v) is 3.37. The second kappa shape index (κ2) is 7.91. The number of carbonyl (C=O) groups excluding carboxylic acids is 2. The Labute approximate surface area is 110 Å². The lowest BCUT2D eigenvalue weighted by Crippen LogP contribution is -2.23. The number of hydrogen-bond donors (Lipinski definition) is 2. The van der Waals surface area contributed by atoms with Crippen molar-refractivity contribution in [3.8, 4) is 0 Å². The van der Waals surface area contributed by atoms with E-state index in [1.807, 2.05) is 30.3 Å². The molecule has 0 radical (unpaired) electrons. The summed E-state index contributed by atoms with van der Waals surface area (Å²) in [5.74, 6) is -0.281. The van der Waals surface area contributed by atoms with Gasteiger partial charge in [0.25, 0.3) is 0 Å². The molecule has 0 aliphatic rings. The summed E-state index contributed by atoms with van der Waals surface area (Å²) >= 11 is 0. The molecule has 1 aromatic rings. The number of primary amides is 2. The molecular weight excluding hydrogens is 240 g/mol. The van der Waals surface area contributed by atoms with Crippen LogP contribution < -0.4 is 11.5 Å². The van der Waals surface area contributed by atoms with Crippen molar-refractivity contribution >= 4 is 12.2 Å². The van der Waals surface area contributed by atoms with Crippen LogP contribution in [0.15, 0.2) is 30.3 Å². The lowest BCUT2D eigenvalue weighted by molar-refractivity contribution is 0.116. The largest absolute Gasteiger partial charge is 0.449 e. The van der Waals surface area contributed by atoms with Gasteiger partial charge in [0.1, 0.15) is 13.2 Å². The van der Waals surface area contributed by atoms with Crippen LogP contribution in [0.3, 0.4) is 0 Å². The quantitative estimate of drug-likeness (QED) is 0.823. The average Bonchev–Trinajstić information content (AvgIpc) is 2.29. The van der Waals surface area contributed by atoms with Crippen LogP contribution in [0, 0.1) is 0 Å². The van der Waals surface area contributed by atoms with Gasteiger partial charge in [-0.05, 0) is 5.56 Å². The Morgan fingerprint density at radius 3 is 1.89 bits per heavy atom. The van der Waals surface area contributed by atoms with Crippen LogP contribution in [0.25, 0.3) is 0 Å². The highest BCUT2D eigenvalue weighted by Gasteiger charge is 2.15. The zero-order chi connectivity index (χ0) is 12.7. The lowest BCUT2D eigenvalue weighted by Gasteiger charge is -2.16.